The van der Waals surface area contributed by atoms with Gasteiger partial charge in [0.15, 0.2) is 5.82 Å². The van der Waals surface area contributed by atoms with Crippen molar-refractivity contribution in [2.75, 3.05) is 18.0 Å². The van der Waals surface area contributed by atoms with E-state index in [-0.39, 0.29) is 11.9 Å². The highest BCUT2D eigenvalue weighted by atomic mass is 32.1. The van der Waals surface area contributed by atoms with Crippen LogP contribution in [0.4, 0.5) is 10.6 Å². The molecule has 3 aromatic rings. The number of carbonyl (C=O) groups excluding carboxylic acids is 1. The monoisotopic (exact) mass is 396 g/mol. The van der Waals surface area contributed by atoms with E-state index < -0.39 is 6.09 Å². The summed E-state index contributed by atoms with van der Waals surface area (Å²) >= 11 is 1.40. The smallest absolute Gasteiger partial charge is 0.407 e. The van der Waals surface area contributed by atoms with Gasteiger partial charge in [-0.05, 0) is 36.4 Å². The number of anilines is 1. The van der Waals surface area contributed by atoms with Crippen molar-refractivity contribution < 1.29 is 14.7 Å². The molecule has 0 atom stereocenters. The molecule has 1 saturated heterocycles. The molecular weight excluding hydrogens is 376 g/mol. The molecule has 1 N–H and O–H groups in total. The van der Waals surface area contributed by atoms with E-state index in [9.17, 15) is 14.7 Å². The minimum atomic E-state index is -0.914. The van der Waals surface area contributed by atoms with Crippen molar-refractivity contribution in [3.8, 4) is 5.69 Å². The molecule has 0 radical (unpaired) electrons. The summed E-state index contributed by atoms with van der Waals surface area (Å²) in [4.78, 5) is 28.2. The number of likely N-dealkylation sites (tertiary alicyclic amines) is 1. The van der Waals surface area contributed by atoms with Gasteiger partial charge in [0, 0.05) is 31.4 Å². The second kappa shape index (κ2) is 7.85. The number of thiophene rings is 1. The Morgan fingerprint density at radius 2 is 1.82 bits per heavy atom. The average molecular weight is 396 g/mol. The second-order valence-corrected chi connectivity index (χ2v) is 7.56. The molecule has 1 aromatic carbocycles. The van der Waals surface area contributed by atoms with Crippen molar-refractivity contribution in [2.45, 2.75) is 18.9 Å². The van der Waals surface area contributed by atoms with Gasteiger partial charge in [0.2, 0.25) is 0 Å². The van der Waals surface area contributed by atoms with Gasteiger partial charge in [-0.15, -0.1) is 16.4 Å². The first-order valence-corrected chi connectivity index (χ1v) is 9.97. The number of hydrogen-bond acceptors (Lipinski definition) is 4. The molecule has 0 aliphatic carbocycles. The average Bonchev–Trinajstić information content (AvgIpc) is 3.42. The Morgan fingerprint density at radius 3 is 2.46 bits per heavy atom. The van der Waals surface area contributed by atoms with Crippen molar-refractivity contribution >= 4 is 29.2 Å². The molecule has 144 valence electrons. The summed E-state index contributed by atoms with van der Waals surface area (Å²) in [6.45, 7) is 0.821. The Labute approximate surface area is 166 Å². The van der Waals surface area contributed by atoms with Crippen LogP contribution in [-0.4, -0.2) is 50.9 Å². The summed E-state index contributed by atoms with van der Waals surface area (Å²) in [6.07, 6.45) is 2.09. The number of nitrogens with zero attached hydrogens (tertiary/aromatic N) is 4. The number of amides is 2. The second-order valence-electron chi connectivity index (χ2n) is 6.61. The fourth-order valence-electron chi connectivity index (χ4n) is 3.46. The number of hydrogen-bond donors (Lipinski definition) is 1. The van der Waals surface area contributed by atoms with Crippen LogP contribution < -0.4 is 4.90 Å². The Balaban J connectivity index is 1.63. The van der Waals surface area contributed by atoms with E-state index in [1.807, 2.05) is 54.0 Å². The molecule has 2 amide bonds. The highest BCUT2D eigenvalue weighted by Crippen LogP contribution is 2.26. The lowest BCUT2D eigenvalue weighted by atomic mass is 10.0. The van der Waals surface area contributed by atoms with Crippen LogP contribution in [0.15, 0.2) is 60.1 Å². The van der Waals surface area contributed by atoms with Gasteiger partial charge in [-0.2, -0.15) is 0 Å². The third-order valence-corrected chi connectivity index (χ3v) is 5.75. The zero-order valence-electron chi connectivity index (χ0n) is 15.1. The maximum absolute atomic E-state index is 13.2. The highest BCUT2D eigenvalue weighted by molar-refractivity contribution is 7.12. The molecular formula is C20H20N4O3S. The van der Waals surface area contributed by atoms with Crippen LogP contribution in [0.1, 0.15) is 22.5 Å². The van der Waals surface area contributed by atoms with Gasteiger partial charge in [-0.25, -0.2) is 9.48 Å². The Kier molecular flexibility index (Phi) is 5.12. The van der Waals surface area contributed by atoms with E-state index in [2.05, 4.69) is 5.10 Å². The third kappa shape index (κ3) is 3.63. The lowest BCUT2D eigenvalue weighted by Gasteiger charge is -2.36. The number of aromatic nitrogens is 2. The van der Waals surface area contributed by atoms with E-state index in [4.69, 9.17) is 0 Å². The first-order chi connectivity index (χ1) is 13.6. The van der Waals surface area contributed by atoms with Gasteiger partial charge in [0.1, 0.15) is 0 Å². The van der Waals surface area contributed by atoms with Crippen molar-refractivity contribution in [1.82, 2.24) is 14.7 Å². The molecule has 7 nitrogen and oxygen atoms in total. The number of benzene rings is 1. The first kappa shape index (κ1) is 18.2. The van der Waals surface area contributed by atoms with E-state index in [0.29, 0.717) is 36.6 Å². The molecule has 4 rings (SSSR count). The fraction of sp³-hybridized carbons (Fsp3) is 0.250. The lowest BCUT2D eigenvalue weighted by Crippen LogP contribution is -2.49. The van der Waals surface area contributed by atoms with Crippen molar-refractivity contribution in [2.24, 2.45) is 0 Å². The predicted molar refractivity (Wildman–Crippen MR) is 107 cm³/mol. The highest BCUT2D eigenvalue weighted by Gasteiger charge is 2.32. The summed E-state index contributed by atoms with van der Waals surface area (Å²) in [5, 5.41) is 15.7. The Morgan fingerprint density at radius 1 is 1.07 bits per heavy atom. The van der Waals surface area contributed by atoms with Crippen molar-refractivity contribution in [1.29, 1.82) is 0 Å². The quantitative estimate of drug-likeness (QED) is 0.729. The molecule has 0 bridgehead atoms. The number of piperidine rings is 1. The van der Waals surface area contributed by atoms with Crippen LogP contribution in [0.5, 0.6) is 0 Å². The number of carbonyl (C=O) groups is 2. The lowest BCUT2D eigenvalue weighted by molar-refractivity contribution is 0.0960. The van der Waals surface area contributed by atoms with Gasteiger partial charge in [0.25, 0.3) is 5.91 Å². The summed E-state index contributed by atoms with van der Waals surface area (Å²) in [7, 11) is 0. The molecule has 2 aromatic heterocycles. The molecule has 0 saturated carbocycles. The minimum absolute atomic E-state index is 0.0932. The van der Waals surface area contributed by atoms with Gasteiger partial charge in [-0.1, -0.05) is 24.3 Å². The van der Waals surface area contributed by atoms with Gasteiger partial charge >= 0.3 is 6.09 Å². The number of rotatable bonds is 4. The molecule has 1 fully saturated rings. The van der Waals surface area contributed by atoms with Gasteiger partial charge in [0.05, 0.1) is 10.6 Å². The van der Waals surface area contributed by atoms with Crippen LogP contribution in [-0.2, 0) is 0 Å². The molecule has 8 heteroatoms. The minimum Gasteiger partial charge on any atom is -0.465 e. The Bertz CT molecular complexity index is 947. The molecule has 1 aliphatic heterocycles. The molecule has 0 unspecified atom stereocenters. The predicted octanol–water partition coefficient (Wildman–Crippen LogP) is 3.72. The van der Waals surface area contributed by atoms with E-state index in [1.54, 1.807) is 15.6 Å². The number of carboxylic acid groups (broad SMARTS) is 1. The van der Waals surface area contributed by atoms with E-state index >= 15 is 0 Å². The fourth-order valence-corrected chi connectivity index (χ4v) is 4.12. The maximum atomic E-state index is 13.2. The molecule has 0 spiro atoms. The molecule has 3 heterocycles. The summed E-state index contributed by atoms with van der Waals surface area (Å²) < 4.78 is 1.75. The van der Waals surface area contributed by atoms with Gasteiger partial charge in [-0.3, -0.25) is 9.69 Å². The first-order valence-electron chi connectivity index (χ1n) is 9.09. The van der Waals surface area contributed by atoms with Crippen LogP contribution in [0.25, 0.3) is 5.69 Å². The zero-order valence-corrected chi connectivity index (χ0v) is 16.0. The normalized spacial score (nSPS) is 14.8. The van der Waals surface area contributed by atoms with Crippen LogP contribution in [0, 0.1) is 0 Å². The number of para-hydroxylation sites is 1. The molecule has 28 heavy (non-hydrogen) atoms. The topological polar surface area (TPSA) is 78.7 Å². The van der Waals surface area contributed by atoms with Gasteiger partial charge < -0.3 is 10.0 Å². The van der Waals surface area contributed by atoms with Crippen molar-refractivity contribution in [3.63, 3.8) is 0 Å². The van der Waals surface area contributed by atoms with E-state index in [0.717, 1.165) is 5.69 Å². The summed E-state index contributed by atoms with van der Waals surface area (Å²) in [5.41, 5.74) is 0.915. The summed E-state index contributed by atoms with van der Waals surface area (Å²) in [6, 6.07) is 15.1. The van der Waals surface area contributed by atoms with Crippen LogP contribution in [0.2, 0.25) is 0 Å². The third-order valence-electron chi connectivity index (χ3n) is 4.89. The van der Waals surface area contributed by atoms with E-state index in [1.165, 1.54) is 16.2 Å². The molecule has 1 aliphatic rings. The maximum Gasteiger partial charge on any atom is 0.407 e. The van der Waals surface area contributed by atoms with Crippen molar-refractivity contribution in [3.05, 3.63) is 65.0 Å². The summed E-state index contributed by atoms with van der Waals surface area (Å²) in [5.74, 6) is 0.484. The zero-order chi connectivity index (χ0) is 19.5. The van der Waals surface area contributed by atoms with Crippen LogP contribution in [0.3, 0.4) is 0 Å². The standard InChI is InChI=1S/C20H20N4O3S/c25-19(17-7-4-14-28-17)24(16-8-11-22(12-9-16)20(26)27)18-10-13-23(21-18)15-5-2-1-3-6-15/h1-7,10,13-14,16H,8-9,11-12H2,(H,26,27). The Hall–Kier alpha value is -3.13. The SMILES string of the molecule is O=C(O)N1CCC(N(C(=O)c2cccs2)c2ccn(-c3ccccc3)n2)CC1. The largest absolute Gasteiger partial charge is 0.465 e. The van der Waals surface area contributed by atoms with Crippen LogP contribution >= 0.6 is 11.3 Å².